The van der Waals surface area contributed by atoms with Crippen molar-refractivity contribution in [3.05, 3.63) is 16.0 Å². The summed E-state index contributed by atoms with van der Waals surface area (Å²) in [6.45, 7) is 1.66. The van der Waals surface area contributed by atoms with Gasteiger partial charge in [-0.2, -0.15) is 0 Å². The van der Waals surface area contributed by atoms with Gasteiger partial charge in [0.15, 0.2) is 0 Å². The quantitative estimate of drug-likeness (QED) is 0.766. The van der Waals surface area contributed by atoms with Gasteiger partial charge in [0.1, 0.15) is 0 Å². The topological polar surface area (TPSA) is 58.1 Å². The molecule has 17 heavy (non-hydrogen) atoms. The maximum atomic E-state index is 11.7. The van der Waals surface area contributed by atoms with Gasteiger partial charge in [-0.25, -0.2) is 9.97 Å². The molecular formula is C11H13IN4O. The molecule has 0 saturated carbocycles. The van der Waals surface area contributed by atoms with Gasteiger partial charge < -0.3 is 10.2 Å². The van der Waals surface area contributed by atoms with E-state index >= 15 is 0 Å². The Morgan fingerprint density at radius 2 is 2.18 bits per heavy atom. The summed E-state index contributed by atoms with van der Waals surface area (Å²) in [7, 11) is 0. The fourth-order valence-corrected chi connectivity index (χ4v) is 2.93. The Labute approximate surface area is 113 Å². The minimum Gasteiger partial charge on any atom is -0.354 e. The zero-order valence-electron chi connectivity index (χ0n) is 9.27. The zero-order valence-corrected chi connectivity index (χ0v) is 11.4. The maximum absolute atomic E-state index is 11.7. The van der Waals surface area contributed by atoms with Crippen LogP contribution in [-0.4, -0.2) is 35.0 Å². The van der Waals surface area contributed by atoms with Gasteiger partial charge in [-0.3, -0.25) is 4.79 Å². The lowest BCUT2D eigenvalue weighted by atomic mass is 9.92. The number of carbonyl (C=O) groups excluding carboxylic acids is 1. The number of hydrogen-bond acceptors (Lipinski definition) is 4. The molecule has 3 rings (SSSR count). The van der Waals surface area contributed by atoms with Crippen molar-refractivity contribution in [2.75, 3.05) is 18.0 Å². The number of halogens is 1. The van der Waals surface area contributed by atoms with Crippen LogP contribution in [0.3, 0.4) is 0 Å². The number of hydrogen-bond donors (Lipinski definition) is 1. The molecule has 1 aromatic rings. The van der Waals surface area contributed by atoms with E-state index in [2.05, 4.69) is 42.8 Å². The van der Waals surface area contributed by atoms with Crippen LogP contribution in [-0.2, 0) is 4.79 Å². The second-order valence-corrected chi connectivity index (χ2v) is 5.70. The van der Waals surface area contributed by atoms with Crippen molar-refractivity contribution < 1.29 is 4.79 Å². The third-order valence-electron chi connectivity index (χ3n) is 3.46. The average Bonchev–Trinajstić information content (AvgIpc) is 2.73. The van der Waals surface area contributed by atoms with E-state index in [1.807, 2.05) is 12.4 Å². The molecule has 1 amide bonds. The van der Waals surface area contributed by atoms with Gasteiger partial charge in [-0.1, -0.05) is 0 Å². The van der Waals surface area contributed by atoms with E-state index in [4.69, 9.17) is 0 Å². The Balaban J connectivity index is 1.87. The molecule has 2 fully saturated rings. The van der Waals surface area contributed by atoms with Gasteiger partial charge >= 0.3 is 0 Å². The van der Waals surface area contributed by atoms with Crippen molar-refractivity contribution in [3.63, 3.8) is 0 Å². The Hall–Kier alpha value is -0.920. The molecule has 2 aliphatic heterocycles. The van der Waals surface area contributed by atoms with Crippen LogP contribution in [0.2, 0.25) is 0 Å². The maximum Gasteiger partial charge on any atom is 0.225 e. The Bertz CT molecular complexity index is 436. The molecule has 2 unspecified atom stereocenters. The molecular weight excluding hydrogens is 331 g/mol. The van der Waals surface area contributed by atoms with Crippen molar-refractivity contribution in [2.24, 2.45) is 5.92 Å². The van der Waals surface area contributed by atoms with Crippen molar-refractivity contribution in [2.45, 2.75) is 18.9 Å². The number of aromatic nitrogens is 2. The minimum atomic E-state index is 0.117. The van der Waals surface area contributed by atoms with E-state index < -0.39 is 0 Å². The van der Waals surface area contributed by atoms with Crippen LogP contribution < -0.4 is 10.2 Å². The molecule has 1 aromatic heterocycles. The first-order valence-corrected chi connectivity index (χ1v) is 6.85. The predicted octanol–water partition coefficient (Wildman–Crippen LogP) is 0.796. The highest BCUT2D eigenvalue weighted by atomic mass is 127. The van der Waals surface area contributed by atoms with E-state index in [9.17, 15) is 4.79 Å². The van der Waals surface area contributed by atoms with Gasteiger partial charge in [0, 0.05) is 29.1 Å². The van der Waals surface area contributed by atoms with E-state index in [1.165, 1.54) is 0 Å². The summed E-state index contributed by atoms with van der Waals surface area (Å²) in [6, 6.07) is 0.233. The molecule has 0 bridgehead atoms. The van der Waals surface area contributed by atoms with E-state index in [0.29, 0.717) is 0 Å². The van der Waals surface area contributed by atoms with Gasteiger partial charge in [-0.05, 0) is 35.4 Å². The predicted molar refractivity (Wildman–Crippen MR) is 71.6 cm³/mol. The molecule has 0 aromatic carbocycles. The largest absolute Gasteiger partial charge is 0.354 e. The Morgan fingerprint density at radius 3 is 2.94 bits per heavy atom. The summed E-state index contributed by atoms with van der Waals surface area (Å²) in [6.07, 6.45) is 5.65. The lowest BCUT2D eigenvalue weighted by Gasteiger charge is -2.35. The third kappa shape index (κ3) is 1.98. The lowest BCUT2D eigenvalue weighted by Crippen LogP contribution is -2.46. The first kappa shape index (κ1) is 11.2. The summed E-state index contributed by atoms with van der Waals surface area (Å²) in [5, 5.41) is 2.94. The zero-order chi connectivity index (χ0) is 11.8. The van der Waals surface area contributed by atoms with Crippen LogP contribution in [0, 0.1) is 9.49 Å². The fraction of sp³-hybridized carbons (Fsp3) is 0.545. The van der Waals surface area contributed by atoms with Crippen molar-refractivity contribution in [1.82, 2.24) is 15.3 Å². The number of nitrogens with one attached hydrogen (secondary N) is 1. The summed E-state index contributed by atoms with van der Waals surface area (Å²) >= 11 is 2.19. The molecule has 0 radical (unpaired) electrons. The number of rotatable bonds is 1. The summed E-state index contributed by atoms with van der Waals surface area (Å²) in [4.78, 5) is 22.5. The molecule has 2 aliphatic rings. The highest BCUT2D eigenvalue weighted by molar-refractivity contribution is 14.1. The lowest BCUT2D eigenvalue weighted by molar-refractivity contribution is -0.123. The van der Waals surface area contributed by atoms with Crippen LogP contribution in [0.25, 0.3) is 0 Å². The van der Waals surface area contributed by atoms with E-state index in [-0.39, 0.29) is 17.9 Å². The third-order valence-corrected chi connectivity index (χ3v) is 4.02. The highest BCUT2D eigenvalue weighted by Crippen LogP contribution is 2.29. The molecule has 6 heteroatoms. The van der Waals surface area contributed by atoms with E-state index in [1.54, 1.807) is 0 Å². The van der Waals surface area contributed by atoms with Crippen molar-refractivity contribution in [1.29, 1.82) is 0 Å². The first-order valence-electron chi connectivity index (χ1n) is 5.77. The summed E-state index contributed by atoms with van der Waals surface area (Å²) < 4.78 is 1.03. The number of amides is 1. The van der Waals surface area contributed by atoms with E-state index in [0.717, 1.165) is 35.4 Å². The van der Waals surface area contributed by atoms with Crippen molar-refractivity contribution in [3.8, 4) is 0 Å². The number of piperidine rings is 1. The number of anilines is 1. The molecule has 0 spiro atoms. The molecule has 1 N–H and O–H groups in total. The average molecular weight is 344 g/mol. The Kier molecular flexibility index (Phi) is 2.89. The van der Waals surface area contributed by atoms with Gasteiger partial charge in [-0.15, -0.1) is 0 Å². The number of fused-ring (bicyclic) bond motifs is 1. The monoisotopic (exact) mass is 344 g/mol. The van der Waals surface area contributed by atoms with Gasteiger partial charge in [0.25, 0.3) is 0 Å². The highest BCUT2D eigenvalue weighted by Gasteiger charge is 2.41. The first-order chi connectivity index (χ1) is 8.25. The van der Waals surface area contributed by atoms with Crippen molar-refractivity contribution >= 4 is 34.4 Å². The molecule has 90 valence electrons. The minimum absolute atomic E-state index is 0.117. The van der Waals surface area contributed by atoms with Crippen LogP contribution >= 0.6 is 22.6 Å². The fourth-order valence-electron chi connectivity index (χ4n) is 2.65. The smallest absolute Gasteiger partial charge is 0.225 e. The molecule has 0 aliphatic carbocycles. The van der Waals surface area contributed by atoms with Crippen LogP contribution in [0.5, 0.6) is 0 Å². The standard InChI is InChI=1S/C11H13IN4O/c12-7-4-14-11(15-5-7)16-3-1-2-8-9(16)6-13-10(8)17/h4-5,8-9H,1-3,6H2,(H,13,17). The summed E-state index contributed by atoms with van der Waals surface area (Å²) in [5.74, 6) is 1.05. The van der Waals surface area contributed by atoms with Crippen LogP contribution in [0.4, 0.5) is 5.95 Å². The summed E-state index contributed by atoms with van der Waals surface area (Å²) in [5.41, 5.74) is 0. The van der Waals surface area contributed by atoms with Gasteiger partial charge in [0.2, 0.25) is 11.9 Å². The SMILES string of the molecule is O=C1NCC2C1CCCN2c1ncc(I)cn1. The van der Waals surface area contributed by atoms with Crippen LogP contribution in [0.1, 0.15) is 12.8 Å². The molecule has 5 nitrogen and oxygen atoms in total. The number of carbonyl (C=O) groups is 1. The second kappa shape index (κ2) is 4.40. The van der Waals surface area contributed by atoms with Gasteiger partial charge in [0.05, 0.1) is 12.0 Å². The second-order valence-electron chi connectivity index (χ2n) is 4.46. The molecule has 3 heterocycles. The number of nitrogens with zero attached hydrogens (tertiary/aromatic N) is 3. The van der Waals surface area contributed by atoms with Crippen LogP contribution in [0.15, 0.2) is 12.4 Å². The molecule has 2 saturated heterocycles. The Morgan fingerprint density at radius 1 is 1.41 bits per heavy atom. The normalized spacial score (nSPS) is 27.8. The molecule has 2 atom stereocenters.